The Kier molecular flexibility index (Phi) is 5.33. The van der Waals surface area contributed by atoms with E-state index in [2.05, 4.69) is 5.32 Å². The number of sulfonamides is 1. The van der Waals surface area contributed by atoms with Gasteiger partial charge in [-0.15, -0.1) is 0 Å². The van der Waals surface area contributed by atoms with E-state index in [9.17, 15) is 13.2 Å². The Balaban J connectivity index is 2.04. The van der Waals surface area contributed by atoms with E-state index in [0.29, 0.717) is 44.0 Å². The van der Waals surface area contributed by atoms with Gasteiger partial charge >= 0.3 is 0 Å². The number of carbonyl (C=O) groups is 1. The van der Waals surface area contributed by atoms with Crippen LogP contribution in [0.1, 0.15) is 22.8 Å². The van der Waals surface area contributed by atoms with Crippen LogP contribution in [0.15, 0.2) is 24.3 Å². The summed E-state index contributed by atoms with van der Waals surface area (Å²) in [6.45, 7) is 4.09. The second-order valence-corrected chi connectivity index (χ2v) is 6.79. The van der Waals surface area contributed by atoms with E-state index in [1.165, 1.54) is 4.31 Å². The smallest absolute Gasteiger partial charge is 0.251 e. The van der Waals surface area contributed by atoms with Gasteiger partial charge < -0.3 is 10.1 Å². The molecule has 1 saturated heterocycles. The number of rotatable bonds is 5. The summed E-state index contributed by atoms with van der Waals surface area (Å²) in [4.78, 5) is 11.6. The average molecular weight is 312 g/mol. The van der Waals surface area contributed by atoms with Crippen LogP contribution < -0.4 is 5.32 Å². The van der Waals surface area contributed by atoms with Gasteiger partial charge in [0.05, 0.1) is 19.0 Å². The fraction of sp³-hybridized carbons (Fsp3) is 0.500. The predicted molar refractivity (Wildman–Crippen MR) is 79.5 cm³/mol. The molecule has 1 heterocycles. The molecule has 0 radical (unpaired) electrons. The molecular formula is C14H20N2O4S. The molecule has 0 spiro atoms. The maximum absolute atomic E-state index is 12.3. The van der Waals surface area contributed by atoms with Crippen molar-refractivity contribution >= 4 is 15.9 Å². The summed E-state index contributed by atoms with van der Waals surface area (Å²) in [7, 11) is -3.33. The summed E-state index contributed by atoms with van der Waals surface area (Å²) in [5.41, 5.74) is 1.21. The Bertz CT molecular complexity index is 577. The van der Waals surface area contributed by atoms with Crippen molar-refractivity contribution in [1.82, 2.24) is 9.62 Å². The summed E-state index contributed by atoms with van der Waals surface area (Å²) in [6.07, 6.45) is 0. The standard InChI is InChI=1S/C14H20N2O4S/c1-2-15-14(17)13-5-3-12(4-6-13)11-21(18,19)16-7-9-20-10-8-16/h3-6H,2,7-11H2,1H3,(H,15,17). The zero-order valence-corrected chi connectivity index (χ0v) is 12.9. The van der Waals surface area contributed by atoms with Crippen molar-refractivity contribution in [3.63, 3.8) is 0 Å². The van der Waals surface area contributed by atoms with E-state index in [0.717, 1.165) is 0 Å². The summed E-state index contributed by atoms with van der Waals surface area (Å²) >= 11 is 0. The number of benzene rings is 1. The monoisotopic (exact) mass is 312 g/mol. The third-order valence-corrected chi connectivity index (χ3v) is 5.12. The number of carbonyl (C=O) groups excluding carboxylic acids is 1. The van der Waals surface area contributed by atoms with Crippen LogP contribution in [-0.2, 0) is 20.5 Å². The van der Waals surface area contributed by atoms with Crippen molar-refractivity contribution < 1.29 is 17.9 Å². The summed E-state index contributed by atoms with van der Waals surface area (Å²) in [5.74, 6) is -0.206. The van der Waals surface area contributed by atoms with Crippen LogP contribution in [0.2, 0.25) is 0 Å². The first-order chi connectivity index (χ1) is 10.0. The van der Waals surface area contributed by atoms with E-state index < -0.39 is 10.0 Å². The molecule has 1 N–H and O–H groups in total. The fourth-order valence-electron chi connectivity index (χ4n) is 2.14. The molecular weight excluding hydrogens is 292 g/mol. The summed E-state index contributed by atoms with van der Waals surface area (Å²) in [5, 5.41) is 2.70. The minimum atomic E-state index is -3.33. The van der Waals surface area contributed by atoms with E-state index in [4.69, 9.17) is 4.74 Å². The van der Waals surface area contributed by atoms with Crippen molar-refractivity contribution in [1.29, 1.82) is 0 Å². The van der Waals surface area contributed by atoms with Crippen LogP contribution in [0, 0.1) is 0 Å². The molecule has 21 heavy (non-hydrogen) atoms. The molecule has 0 atom stereocenters. The third-order valence-electron chi connectivity index (χ3n) is 3.27. The Hall–Kier alpha value is -1.44. The number of ether oxygens (including phenoxy) is 1. The fourth-order valence-corrected chi connectivity index (χ4v) is 3.64. The second kappa shape index (κ2) is 7.02. The molecule has 0 aliphatic carbocycles. The van der Waals surface area contributed by atoms with E-state index >= 15 is 0 Å². The molecule has 1 aromatic carbocycles. The molecule has 0 unspecified atom stereocenters. The Morgan fingerprint density at radius 2 is 1.86 bits per heavy atom. The number of hydrogen-bond acceptors (Lipinski definition) is 4. The largest absolute Gasteiger partial charge is 0.379 e. The van der Waals surface area contributed by atoms with E-state index in [1.54, 1.807) is 24.3 Å². The summed E-state index contributed by atoms with van der Waals surface area (Å²) < 4.78 is 31.1. The summed E-state index contributed by atoms with van der Waals surface area (Å²) in [6, 6.07) is 6.66. The minimum Gasteiger partial charge on any atom is -0.379 e. The third kappa shape index (κ3) is 4.26. The van der Waals surface area contributed by atoms with Gasteiger partial charge in [0.1, 0.15) is 0 Å². The molecule has 2 rings (SSSR count). The topological polar surface area (TPSA) is 75.7 Å². The van der Waals surface area contributed by atoms with Crippen LogP contribution in [0.3, 0.4) is 0 Å². The second-order valence-electron chi connectivity index (χ2n) is 4.82. The molecule has 6 nitrogen and oxygen atoms in total. The van der Waals surface area contributed by atoms with Crippen molar-refractivity contribution in [3.05, 3.63) is 35.4 Å². The molecule has 7 heteroatoms. The molecule has 1 amide bonds. The number of nitrogens with zero attached hydrogens (tertiary/aromatic N) is 1. The van der Waals surface area contributed by atoms with Crippen LogP contribution in [0.25, 0.3) is 0 Å². The van der Waals surface area contributed by atoms with Crippen molar-refractivity contribution in [2.24, 2.45) is 0 Å². The average Bonchev–Trinajstić information content (AvgIpc) is 2.49. The van der Waals surface area contributed by atoms with Gasteiger partial charge in [0, 0.05) is 25.2 Å². The predicted octanol–water partition coefficient (Wildman–Crippen LogP) is 0.598. The van der Waals surface area contributed by atoms with Crippen molar-refractivity contribution in [3.8, 4) is 0 Å². The van der Waals surface area contributed by atoms with Crippen molar-refractivity contribution in [2.45, 2.75) is 12.7 Å². The van der Waals surface area contributed by atoms with Gasteiger partial charge in [0.2, 0.25) is 10.0 Å². The maximum atomic E-state index is 12.3. The highest BCUT2D eigenvalue weighted by Gasteiger charge is 2.24. The number of hydrogen-bond donors (Lipinski definition) is 1. The van der Waals surface area contributed by atoms with Gasteiger partial charge in [-0.2, -0.15) is 4.31 Å². The van der Waals surface area contributed by atoms with Crippen LogP contribution in [0.5, 0.6) is 0 Å². The molecule has 1 aliphatic rings. The van der Waals surface area contributed by atoms with Gasteiger partial charge in [-0.1, -0.05) is 12.1 Å². The van der Waals surface area contributed by atoms with Gasteiger partial charge in [-0.05, 0) is 24.6 Å². The zero-order chi connectivity index (χ0) is 15.3. The number of amides is 1. The SMILES string of the molecule is CCNC(=O)c1ccc(CS(=O)(=O)N2CCOCC2)cc1. The lowest BCUT2D eigenvalue weighted by Crippen LogP contribution is -2.41. The van der Waals surface area contributed by atoms with Gasteiger partial charge in [0.25, 0.3) is 5.91 Å². The molecule has 1 aromatic rings. The highest BCUT2D eigenvalue weighted by Crippen LogP contribution is 2.13. The lowest BCUT2D eigenvalue weighted by molar-refractivity contribution is 0.0729. The molecule has 1 fully saturated rings. The Labute approximate surface area is 125 Å². The number of nitrogens with one attached hydrogen (secondary N) is 1. The van der Waals surface area contributed by atoms with Crippen LogP contribution >= 0.6 is 0 Å². The first kappa shape index (κ1) is 15.9. The lowest BCUT2D eigenvalue weighted by Gasteiger charge is -2.26. The normalized spacial score (nSPS) is 16.6. The quantitative estimate of drug-likeness (QED) is 0.864. The lowest BCUT2D eigenvalue weighted by atomic mass is 10.1. The van der Waals surface area contributed by atoms with Gasteiger partial charge in [-0.25, -0.2) is 8.42 Å². The highest BCUT2D eigenvalue weighted by atomic mass is 32.2. The first-order valence-corrected chi connectivity index (χ1v) is 8.56. The van der Waals surface area contributed by atoms with Crippen molar-refractivity contribution in [2.75, 3.05) is 32.8 Å². The molecule has 0 aromatic heterocycles. The highest BCUT2D eigenvalue weighted by molar-refractivity contribution is 7.88. The maximum Gasteiger partial charge on any atom is 0.251 e. The van der Waals surface area contributed by atoms with Gasteiger partial charge in [-0.3, -0.25) is 4.79 Å². The molecule has 1 aliphatic heterocycles. The van der Waals surface area contributed by atoms with E-state index in [-0.39, 0.29) is 11.7 Å². The molecule has 0 saturated carbocycles. The number of morpholine rings is 1. The van der Waals surface area contributed by atoms with Gasteiger partial charge in [0.15, 0.2) is 0 Å². The Morgan fingerprint density at radius 3 is 2.43 bits per heavy atom. The molecule has 116 valence electrons. The Morgan fingerprint density at radius 1 is 1.24 bits per heavy atom. The van der Waals surface area contributed by atoms with E-state index in [1.807, 2.05) is 6.92 Å². The first-order valence-electron chi connectivity index (χ1n) is 6.95. The van der Waals surface area contributed by atoms with Crippen LogP contribution in [0.4, 0.5) is 0 Å². The molecule has 0 bridgehead atoms. The minimum absolute atomic E-state index is 0.0529. The zero-order valence-electron chi connectivity index (χ0n) is 12.0. The van der Waals surface area contributed by atoms with Crippen LogP contribution in [-0.4, -0.2) is 51.5 Å².